The Bertz CT molecular complexity index is 267. The molecule has 2 rings (SSSR count). The summed E-state index contributed by atoms with van der Waals surface area (Å²) in [5.74, 6) is 0.736. The smallest absolute Gasteiger partial charge is 0.220 e. The number of nitrogens with zero attached hydrogens (tertiary/aromatic N) is 1. The lowest BCUT2D eigenvalue weighted by Crippen LogP contribution is -2.46. The van der Waals surface area contributed by atoms with Gasteiger partial charge >= 0.3 is 0 Å². The van der Waals surface area contributed by atoms with Crippen molar-refractivity contribution >= 4 is 5.91 Å². The molecule has 0 radical (unpaired) electrons. The number of piperidine rings is 1. The molecule has 2 saturated heterocycles. The van der Waals surface area contributed by atoms with Crippen LogP contribution in [0.4, 0.5) is 0 Å². The lowest BCUT2D eigenvalue weighted by molar-refractivity contribution is -0.123. The van der Waals surface area contributed by atoms with E-state index >= 15 is 0 Å². The fraction of sp³-hybridized carbons (Fsp3) is 0.923. The van der Waals surface area contributed by atoms with Crippen molar-refractivity contribution in [1.82, 2.24) is 15.5 Å². The van der Waals surface area contributed by atoms with E-state index in [9.17, 15) is 4.79 Å². The van der Waals surface area contributed by atoms with Gasteiger partial charge in [-0.05, 0) is 38.9 Å². The molecule has 2 aliphatic heterocycles. The quantitative estimate of drug-likeness (QED) is 0.732. The molecule has 1 unspecified atom stereocenters. The molecular weight excluding hydrogens is 230 g/mol. The summed E-state index contributed by atoms with van der Waals surface area (Å²) in [5.41, 5.74) is 0. The first-order valence-corrected chi connectivity index (χ1v) is 7.01. The van der Waals surface area contributed by atoms with Gasteiger partial charge in [0.2, 0.25) is 5.91 Å². The van der Waals surface area contributed by atoms with Crippen LogP contribution >= 0.6 is 0 Å². The zero-order valence-electron chi connectivity index (χ0n) is 11.3. The summed E-state index contributed by atoms with van der Waals surface area (Å²) in [4.78, 5) is 14.1. The molecule has 0 aromatic rings. The van der Waals surface area contributed by atoms with E-state index in [0.29, 0.717) is 18.9 Å². The van der Waals surface area contributed by atoms with Crippen LogP contribution in [0.5, 0.6) is 0 Å². The second-order valence-corrected chi connectivity index (χ2v) is 5.46. The highest BCUT2D eigenvalue weighted by Gasteiger charge is 2.20. The third-order valence-corrected chi connectivity index (χ3v) is 3.80. The monoisotopic (exact) mass is 255 g/mol. The zero-order valence-corrected chi connectivity index (χ0v) is 11.3. The SMILES string of the molecule is CN1CCOC(CNC(=O)CC2CCNCC2)C1. The second kappa shape index (κ2) is 7.07. The van der Waals surface area contributed by atoms with E-state index in [4.69, 9.17) is 4.74 Å². The zero-order chi connectivity index (χ0) is 12.8. The standard InChI is InChI=1S/C13H25N3O2/c1-16-6-7-18-12(10-16)9-15-13(17)8-11-2-4-14-5-3-11/h11-12,14H,2-10H2,1H3,(H,15,17). The van der Waals surface area contributed by atoms with Gasteiger partial charge in [-0.25, -0.2) is 0 Å². The van der Waals surface area contributed by atoms with Gasteiger partial charge in [0.1, 0.15) is 0 Å². The van der Waals surface area contributed by atoms with Gasteiger partial charge < -0.3 is 20.3 Å². The fourth-order valence-corrected chi connectivity index (χ4v) is 2.64. The van der Waals surface area contributed by atoms with E-state index < -0.39 is 0 Å². The number of carbonyl (C=O) groups is 1. The Kier molecular flexibility index (Phi) is 5.41. The minimum atomic E-state index is 0.153. The van der Waals surface area contributed by atoms with Gasteiger partial charge in [0.15, 0.2) is 0 Å². The number of carbonyl (C=O) groups excluding carboxylic acids is 1. The Morgan fingerprint density at radius 3 is 2.94 bits per heavy atom. The predicted molar refractivity (Wildman–Crippen MR) is 70.5 cm³/mol. The van der Waals surface area contributed by atoms with Gasteiger partial charge in [0, 0.05) is 26.1 Å². The summed E-state index contributed by atoms with van der Waals surface area (Å²) >= 11 is 0. The van der Waals surface area contributed by atoms with Crippen molar-refractivity contribution in [2.45, 2.75) is 25.4 Å². The molecule has 0 bridgehead atoms. The Balaban J connectivity index is 1.61. The van der Waals surface area contributed by atoms with Crippen LogP contribution in [0.2, 0.25) is 0 Å². The maximum Gasteiger partial charge on any atom is 0.220 e. The number of rotatable bonds is 4. The highest BCUT2D eigenvalue weighted by Crippen LogP contribution is 2.15. The molecule has 0 saturated carbocycles. The summed E-state index contributed by atoms with van der Waals surface area (Å²) < 4.78 is 5.62. The number of hydrogen-bond donors (Lipinski definition) is 2. The van der Waals surface area contributed by atoms with Crippen molar-refractivity contribution in [2.24, 2.45) is 5.92 Å². The van der Waals surface area contributed by atoms with Gasteiger partial charge in [0.25, 0.3) is 0 Å². The number of hydrogen-bond acceptors (Lipinski definition) is 4. The van der Waals surface area contributed by atoms with Crippen LogP contribution in [0, 0.1) is 5.92 Å². The Hall–Kier alpha value is -0.650. The topological polar surface area (TPSA) is 53.6 Å². The van der Waals surface area contributed by atoms with Crippen LogP contribution in [0.3, 0.4) is 0 Å². The lowest BCUT2D eigenvalue weighted by Gasteiger charge is -2.30. The van der Waals surface area contributed by atoms with E-state index in [0.717, 1.165) is 45.6 Å². The molecule has 0 spiro atoms. The molecule has 0 aromatic heterocycles. The average molecular weight is 255 g/mol. The molecule has 2 N–H and O–H groups in total. The molecule has 2 heterocycles. The van der Waals surface area contributed by atoms with Gasteiger partial charge in [0.05, 0.1) is 12.7 Å². The van der Waals surface area contributed by atoms with E-state index in [1.807, 2.05) is 0 Å². The van der Waals surface area contributed by atoms with Gasteiger partial charge in [-0.2, -0.15) is 0 Å². The fourth-order valence-electron chi connectivity index (χ4n) is 2.64. The number of nitrogens with one attached hydrogen (secondary N) is 2. The third-order valence-electron chi connectivity index (χ3n) is 3.80. The van der Waals surface area contributed by atoms with Crippen LogP contribution in [0.25, 0.3) is 0 Å². The first-order chi connectivity index (χ1) is 8.74. The third kappa shape index (κ3) is 4.55. The molecule has 1 atom stereocenters. The van der Waals surface area contributed by atoms with E-state index in [-0.39, 0.29) is 12.0 Å². The van der Waals surface area contributed by atoms with Gasteiger partial charge in [-0.3, -0.25) is 4.79 Å². The Morgan fingerprint density at radius 2 is 2.22 bits per heavy atom. The first-order valence-electron chi connectivity index (χ1n) is 7.01. The van der Waals surface area contributed by atoms with E-state index in [1.54, 1.807) is 0 Å². The van der Waals surface area contributed by atoms with Crippen LogP contribution in [0.15, 0.2) is 0 Å². The molecular formula is C13H25N3O2. The van der Waals surface area contributed by atoms with Crippen LogP contribution in [0.1, 0.15) is 19.3 Å². The van der Waals surface area contributed by atoms with Gasteiger partial charge in [-0.15, -0.1) is 0 Å². The Labute approximate surface area is 109 Å². The van der Waals surface area contributed by atoms with Crippen LogP contribution in [-0.4, -0.2) is 63.3 Å². The minimum absolute atomic E-state index is 0.153. The number of amides is 1. The van der Waals surface area contributed by atoms with E-state index in [2.05, 4.69) is 22.6 Å². The molecule has 18 heavy (non-hydrogen) atoms. The number of ether oxygens (including phenoxy) is 1. The molecule has 5 heteroatoms. The summed E-state index contributed by atoms with van der Waals surface area (Å²) in [6.07, 6.45) is 3.07. The normalized spacial score (nSPS) is 27.1. The maximum absolute atomic E-state index is 11.8. The second-order valence-electron chi connectivity index (χ2n) is 5.46. The Morgan fingerprint density at radius 1 is 1.44 bits per heavy atom. The first kappa shape index (κ1) is 13.8. The molecule has 2 fully saturated rings. The molecule has 1 amide bonds. The highest BCUT2D eigenvalue weighted by atomic mass is 16.5. The van der Waals surface area contributed by atoms with Crippen LogP contribution in [-0.2, 0) is 9.53 Å². The molecule has 5 nitrogen and oxygen atoms in total. The number of morpholine rings is 1. The van der Waals surface area contributed by atoms with Crippen molar-refractivity contribution in [1.29, 1.82) is 0 Å². The van der Waals surface area contributed by atoms with Crippen molar-refractivity contribution in [3.63, 3.8) is 0 Å². The predicted octanol–water partition coefficient (Wildman–Crippen LogP) is -0.177. The average Bonchev–Trinajstić information content (AvgIpc) is 2.38. The number of likely N-dealkylation sites (N-methyl/N-ethyl adjacent to an activating group) is 1. The molecule has 0 aromatic carbocycles. The minimum Gasteiger partial charge on any atom is -0.374 e. The van der Waals surface area contributed by atoms with E-state index in [1.165, 1.54) is 0 Å². The molecule has 0 aliphatic carbocycles. The summed E-state index contributed by atoms with van der Waals surface area (Å²) in [5, 5.41) is 6.33. The maximum atomic E-state index is 11.8. The molecule has 104 valence electrons. The summed E-state index contributed by atoms with van der Waals surface area (Å²) in [7, 11) is 2.09. The van der Waals surface area contributed by atoms with Crippen LogP contribution < -0.4 is 10.6 Å². The van der Waals surface area contributed by atoms with Crippen molar-refractivity contribution in [3.8, 4) is 0 Å². The molecule has 2 aliphatic rings. The van der Waals surface area contributed by atoms with Crippen molar-refractivity contribution in [2.75, 3.05) is 46.4 Å². The lowest BCUT2D eigenvalue weighted by atomic mass is 9.94. The summed E-state index contributed by atoms with van der Waals surface area (Å²) in [6, 6.07) is 0. The van der Waals surface area contributed by atoms with Crippen molar-refractivity contribution in [3.05, 3.63) is 0 Å². The largest absolute Gasteiger partial charge is 0.374 e. The summed E-state index contributed by atoms with van der Waals surface area (Å²) in [6.45, 7) is 5.41. The van der Waals surface area contributed by atoms with Gasteiger partial charge in [-0.1, -0.05) is 0 Å². The van der Waals surface area contributed by atoms with Crippen molar-refractivity contribution < 1.29 is 9.53 Å². The highest BCUT2D eigenvalue weighted by molar-refractivity contribution is 5.76.